The van der Waals surface area contributed by atoms with Crippen molar-refractivity contribution in [2.75, 3.05) is 13.2 Å². The van der Waals surface area contributed by atoms with E-state index in [0.29, 0.717) is 12.6 Å². The summed E-state index contributed by atoms with van der Waals surface area (Å²) < 4.78 is 5.55. The van der Waals surface area contributed by atoms with Crippen molar-refractivity contribution in [3.05, 3.63) is 24.0 Å². The number of nitrogens with one attached hydrogen (secondary N) is 1. The minimum absolute atomic E-state index is 0.403. The zero-order valence-electron chi connectivity index (χ0n) is 13.3. The van der Waals surface area contributed by atoms with Crippen LogP contribution in [0.4, 0.5) is 0 Å². The van der Waals surface area contributed by atoms with Gasteiger partial charge in [-0.15, -0.1) is 0 Å². The van der Waals surface area contributed by atoms with Gasteiger partial charge < -0.3 is 10.1 Å². The zero-order valence-corrected chi connectivity index (χ0v) is 13.3. The summed E-state index contributed by atoms with van der Waals surface area (Å²) in [6, 6.07) is 2.53. The number of hydrogen-bond donors (Lipinski definition) is 1. The van der Waals surface area contributed by atoms with Gasteiger partial charge in [-0.05, 0) is 37.9 Å². The highest BCUT2D eigenvalue weighted by Crippen LogP contribution is 2.23. The molecule has 20 heavy (non-hydrogen) atoms. The Hall–Kier alpha value is -1.09. The van der Waals surface area contributed by atoms with Gasteiger partial charge in [-0.1, -0.05) is 39.5 Å². The Kier molecular flexibility index (Phi) is 9.05. The average molecular weight is 278 g/mol. The number of rotatable bonds is 11. The number of nitrogens with zero attached hydrogens (tertiary/aromatic N) is 1. The largest absolute Gasteiger partial charge is 0.492 e. The number of unbranched alkanes of at least 4 members (excludes halogenated alkanes) is 3. The lowest BCUT2D eigenvalue weighted by Crippen LogP contribution is -2.22. The zero-order chi connectivity index (χ0) is 14.6. The van der Waals surface area contributed by atoms with Crippen LogP contribution in [0.3, 0.4) is 0 Å². The maximum Gasteiger partial charge on any atom is 0.137 e. The lowest BCUT2D eigenvalue weighted by molar-refractivity contribution is 0.337. The molecule has 0 saturated heterocycles. The monoisotopic (exact) mass is 278 g/mol. The Morgan fingerprint density at radius 2 is 1.95 bits per heavy atom. The van der Waals surface area contributed by atoms with E-state index in [2.05, 4.69) is 30.2 Å². The molecule has 0 saturated carbocycles. The predicted octanol–water partition coefficient (Wildman–Crippen LogP) is 4.49. The minimum Gasteiger partial charge on any atom is -0.492 e. The summed E-state index contributed by atoms with van der Waals surface area (Å²) in [5, 5.41) is 3.64. The first-order chi connectivity index (χ1) is 9.81. The van der Waals surface area contributed by atoms with Gasteiger partial charge >= 0.3 is 0 Å². The van der Waals surface area contributed by atoms with E-state index in [4.69, 9.17) is 4.74 Å². The van der Waals surface area contributed by atoms with Crippen molar-refractivity contribution in [3.8, 4) is 5.75 Å². The van der Waals surface area contributed by atoms with Crippen molar-refractivity contribution in [2.24, 2.45) is 0 Å². The molecule has 0 radical (unpaired) electrons. The molecule has 3 nitrogen and oxygen atoms in total. The summed E-state index contributed by atoms with van der Waals surface area (Å²) in [5.41, 5.74) is 1.25. The van der Waals surface area contributed by atoms with E-state index in [1.54, 1.807) is 6.20 Å². The molecular weight excluding hydrogens is 248 g/mol. The lowest BCUT2D eigenvalue weighted by Gasteiger charge is -2.19. The van der Waals surface area contributed by atoms with Crippen LogP contribution < -0.4 is 10.1 Å². The lowest BCUT2D eigenvalue weighted by atomic mass is 10.0. The molecule has 1 rings (SSSR count). The van der Waals surface area contributed by atoms with Crippen LogP contribution in [0.15, 0.2) is 18.5 Å². The highest BCUT2D eigenvalue weighted by molar-refractivity contribution is 5.26. The smallest absolute Gasteiger partial charge is 0.137 e. The first kappa shape index (κ1) is 17.0. The normalized spacial score (nSPS) is 12.3. The summed E-state index contributed by atoms with van der Waals surface area (Å²) in [5.74, 6) is 0.877. The molecule has 0 aliphatic carbocycles. The molecule has 3 heteroatoms. The average Bonchev–Trinajstić information content (AvgIpc) is 2.47. The van der Waals surface area contributed by atoms with Crippen LogP contribution in [0.5, 0.6) is 5.75 Å². The molecule has 1 aromatic rings. The van der Waals surface area contributed by atoms with Gasteiger partial charge in [0.1, 0.15) is 5.75 Å². The Morgan fingerprint density at radius 1 is 1.10 bits per heavy atom. The second kappa shape index (κ2) is 10.7. The summed E-state index contributed by atoms with van der Waals surface area (Å²) in [6.45, 7) is 8.20. The van der Waals surface area contributed by atoms with Gasteiger partial charge in [-0.3, -0.25) is 4.98 Å². The van der Waals surface area contributed by atoms with Gasteiger partial charge in [-0.25, -0.2) is 0 Å². The molecule has 0 aliphatic rings. The summed E-state index contributed by atoms with van der Waals surface area (Å²) in [6.07, 6.45) is 11.3. The van der Waals surface area contributed by atoms with Crippen molar-refractivity contribution in [2.45, 2.75) is 65.3 Å². The summed E-state index contributed by atoms with van der Waals surface area (Å²) in [4.78, 5) is 4.31. The van der Waals surface area contributed by atoms with Crippen LogP contribution in [-0.4, -0.2) is 18.1 Å². The van der Waals surface area contributed by atoms with Crippen LogP contribution in [0.1, 0.15) is 70.9 Å². The molecule has 0 spiro atoms. The Morgan fingerprint density at radius 3 is 2.65 bits per heavy atom. The van der Waals surface area contributed by atoms with E-state index in [0.717, 1.165) is 18.7 Å². The molecule has 0 bridgehead atoms. The van der Waals surface area contributed by atoms with Crippen LogP contribution >= 0.6 is 0 Å². The molecule has 0 aliphatic heterocycles. The maximum absolute atomic E-state index is 5.55. The molecule has 0 fully saturated rings. The first-order valence-electron chi connectivity index (χ1n) is 8.12. The predicted molar refractivity (Wildman–Crippen MR) is 85.2 cm³/mol. The van der Waals surface area contributed by atoms with Crippen LogP contribution in [-0.2, 0) is 0 Å². The molecule has 0 amide bonds. The van der Waals surface area contributed by atoms with E-state index in [1.807, 2.05) is 13.1 Å². The van der Waals surface area contributed by atoms with Gasteiger partial charge in [0.25, 0.3) is 0 Å². The third-order valence-corrected chi connectivity index (χ3v) is 3.43. The highest BCUT2D eigenvalue weighted by Gasteiger charge is 2.11. The number of pyridine rings is 1. The van der Waals surface area contributed by atoms with Crippen molar-refractivity contribution in [1.29, 1.82) is 0 Å². The van der Waals surface area contributed by atoms with Gasteiger partial charge in [0.2, 0.25) is 0 Å². The van der Waals surface area contributed by atoms with Crippen LogP contribution in [0, 0.1) is 0 Å². The fraction of sp³-hybridized carbons (Fsp3) is 0.706. The van der Waals surface area contributed by atoms with E-state index in [1.165, 1.54) is 37.7 Å². The van der Waals surface area contributed by atoms with E-state index < -0.39 is 0 Å². The third kappa shape index (κ3) is 6.38. The van der Waals surface area contributed by atoms with Gasteiger partial charge in [-0.2, -0.15) is 0 Å². The molecule has 1 aromatic heterocycles. The second-order valence-electron chi connectivity index (χ2n) is 5.24. The first-order valence-corrected chi connectivity index (χ1v) is 8.12. The van der Waals surface area contributed by atoms with Gasteiger partial charge in [0.15, 0.2) is 0 Å². The van der Waals surface area contributed by atoms with Crippen LogP contribution in [0.25, 0.3) is 0 Å². The highest BCUT2D eigenvalue weighted by atomic mass is 16.5. The molecule has 1 atom stereocenters. The minimum atomic E-state index is 0.403. The summed E-state index contributed by atoms with van der Waals surface area (Å²) >= 11 is 0. The Bertz CT molecular complexity index is 355. The van der Waals surface area contributed by atoms with Gasteiger partial charge in [0.05, 0.1) is 12.8 Å². The Balaban J connectivity index is 2.62. The molecular formula is C17H30N2O. The molecule has 1 heterocycles. The van der Waals surface area contributed by atoms with Gasteiger partial charge in [0, 0.05) is 12.2 Å². The second-order valence-corrected chi connectivity index (χ2v) is 5.24. The number of ether oxygens (including phenoxy) is 1. The van der Waals surface area contributed by atoms with E-state index in [9.17, 15) is 0 Å². The summed E-state index contributed by atoms with van der Waals surface area (Å²) in [7, 11) is 0. The molecule has 114 valence electrons. The van der Waals surface area contributed by atoms with E-state index in [-0.39, 0.29) is 0 Å². The fourth-order valence-electron chi connectivity index (χ4n) is 2.35. The third-order valence-electron chi connectivity index (χ3n) is 3.43. The topological polar surface area (TPSA) is 34.2 Å². The number of hydrogen-bond acceptors (Lipinski definition) is 3. The van der Waals surface area contributed by atoms with Crippen molar-refractivity contribution < 1.29 is 4.74 Å². The Labute approximate surface area is 124 Å². The number of aromatic nitrogens is 1. The molecule has 1 unspecified atom stereocenters. The fourth-order valence-corrected chi connectivity index (χ4v) is 2.35. The molecule has 0 aromatic carbocycles. The van der Waals surface area contributed by atoms with Crippen molar-refractivity contribution in [3.63, 3.8) is 0 Å². The SMILES string of the molecule is CCCCCCC(NCCC)c1cncc(OCC)c1. The van der Waals surface area contributed by atoms with Crippen molar-refractivity contribution >= 4 is 0 Å². The molecule has 1 N–H and O–H groups in total. The maximum atomic E-state index is 5.55. The van der Waals surface area contributed by atoms with Crippen LogP contribution in [0.2, 0.25) is 0 Å². The van der Waals surface area contributed by atoms with E-state index >= 15 is 0 Å². The quantitative estimate of drug-likeness (QED) is 0.605. The standard InChI is InChI=1S/C17H30N2O/c1-4-7-8-9-10-17(19-11-5-2)15-12-16(20-6-3)14-18-13-15/h12-14,17,19H,4-11H2,1-3H3. The van der Waals surface area contributed by atoms with Crippen molar-refractivity contribution in [1.82, 2.24) is 10.3 Å².